The van der Waals surface area contributed by atoms with Crippen molar-refractivity contribution in [3.05, 3.63) is 64.7 Å². The van der Waals surface area contributed by atoms with E-state index >= 15 is 0 Å². The van der Waals surface area contributed by atoms with Gasteiger partial charge in [-0.3, -0.25) is 9.59 Å². The van der Waals surface area contributed by atoms with Crippen molar-refractivity contribution in [3.63, 3.8) is 0 Å². The summed E-state index contributed by atoms with van der Waals surface area (Å²) < 4.78 is 5.20. The fourth-order valence-corrected chi connectivity index (χ4v) is 3.18. The quantitative estimate of drug-likeness (QED) is 0.686. The Morgan fingerprint density at radius 2 is 1.54 bits per heavy atom. The lowest BCUT2D eigenvalue weighted by atomic mass is 9.95. The smallest absolute Gasteiger partial charge is 0.222 e. The maximum atomic E-state index is 12.8. The average Bonchev–Trinajstić information content (AvgIpc) is 2.66. The zero-order chi connectivity index (χ0) is 20.7. The zero-order valence-electron chi connectivity index (χ0n) is 16.7. The highest BCUT2D eigenvalue weighted by molar-refractivity contribution is 6.30. The van der Waals surface area contributed by atoms with Gasteiger partial charge in [0.2, 0.25) is 11.8 Å². The van der Waals surface area contributed by atoms with Gasteiger partial charge in [-0.25, -0.2) is 0 Å². The summed E-state index contributed by atoms with van der Waals surface area (Å²) >= 11 is 5.95. The molecule has 0 aliphatic rings. The largest absolute Gasteiger partial charge is 0.497 e. The molecule has 0 bridgehead atoms. The van der Waals surface area contributed by atoms with E-state index in [1.165, 1.54) is 6.92 Å². The summed E-state index contributed by atoms with van der Waals surface area (Å²) in [5.74, 6) is 0.643. The summed E-state index contributed by atoms with van der Waals surface area (Å²) in [6, 6.07) is 14.2. The number of hydrogen-bond donors (Lipinski definition) is 2. The summed E-state index contributed by atoms with van der Waals surface area (Å²) in [5.41, 5.74) is 1.84. The van der Waals surface area contributed by atoms with Crippen molar-refractivity contribution >= 4 is 23.4 Å². The first-order valence-electron chi connectivity index (χ1n) is 9.26. The van der Waals surface area contributed by atoms with Crippen molar-refractivity contribution in [1.82, 2.24) is 10.6 Å². The van der Waals surface area contributed by atoms with Crippen LogP contribution >= 0.6 is 11.6 Å². The van der Waals surface area contributed by atoms with Crippen LogP contribution in [0, 0.1) is 5.92 Å². The van der Waals surface area contributed by atoms with Crippen molar-refractivity contribution in [2.75, 3.05) is 7.11 Å². The predicted octanol–water partition coefficient (Wildman–Crippen LogP) is 4.43. The Morgan fingerprint density at radius 1 is 0.964 bits per heavy atom. The summed E-state index contributed by atoms with van der Waals surface area (Å²) in [4.78, 5) is 24.4. The first kappa shape index (κ1) is 21.8. The number of amides is 2. The molecule has 2 unspecified atom stereocenters. The van der Waals surface area contributed by atoms with Crippen LogP contribution in [0.15, 0.2) is 48.5 Å². The van der Waals surface area contributed by atoms with Gasteiger partial charge in [0.15, 0.2) is 0 Å². The van der Waals surface area contributed by atoms with E-state index in [2.05, 4.69) is 24.5 Å². The lowest BCUT2D eigenvalue weighted by Gasteiger charge is -2.25. The molecular formula is C22H27ClN2O3. The normalized spacial score (nSPS) is 12.9. The van der Waals surface area contributed by atoms with E-state index in [-0.39, 0.29) is 30.2 Å². The molecule has 0 radical (unpaired) electrons. The Bertz CT molecular complexity index is 788. The number of carbonyl (C=O) groups excluding carboxylic acids is 2. The van der Waals surface area contributed by atoms with E-state index in [9.17, 15) is 9.59 Å². The van der Waals surface area contributed by atoms with E-state index in [4.69, 9.17) is 16.3 Å². The molecular weight excluding hydrogens is 376 g/mol. The number of carbonyl (C=O) groups is 2. The minimum Gasteiger partial charge on any atom is -0.497 e. The molecule has 2 aromatic rings. The Labute approximate surface area is 171 Å². The van der Waals surface area contributed by atoms with E-state index < -0.39 is 6.04 Å². The minimum absolute atomic E-state index is 0.136. The Hall–Kier alpha value is -2.53. The third-order valence-electron chi connectivity index (χ3n) is 4.50. The Balaban J connectivity index is 2.13. The summed E-state index contributed by atoms with van der Waals surface area (Å²) in [5, 5.41) is 6.55. The lowest BCUT2D eigenvalue weighted by Crippen LogP contribution is -2.36. The van der Waals surface area contributed by atoms with Gasteiger partial charge >= 0.3 is 0 Å². The van der Waals surface area contributed by atoms with Gasteiger partial charge in [-0.15, -0.1) is 0 Å². The minimum atomic E-state index is -0.418. The molecule has 0 saturated heterocycles. The number of ether oxygens (including phenoxy) is 1. The molecule has 0 fully saturated rings. The highest BCUT2D eigenvalue weighted by atomic mass is 35.5. The van der Waals surface area contributed by atoms with E-state index in [1.54, 1.807) is 19.2 Å². The van der Waals surface area contributed by atoms with Crippen LogP contribution < -0.4 is 15.4 Å². The van der Waals surface area contributed by atoms with Gasteiger partial charge in [0.25, 0.3) is 0 Å². The number of hydrogen-bond acceptors (Lipinski definition) is 3. The van der Waals surface area contributed by atoms with Gasteiger partial charge in [0, 0.05) is 11.9 Å². The molecule has 2 aromatic carbocycles. The maximum absolute atomic E-state index is 12.8. The summed E-state index contributed by atoms with van der Waals surface area (Å²) in [6.07, 6.45) is 0.139. The van der Waals surface area contributed by atoms with Crippen LogP contribution in [0.25, 0.3) is 0 Å². The molecule has 2 N–H and O–H groups in total. The van der Waals surface area contributed by atoms with Crippen molar-refractivity contribution < 1.29 is 14.3 Å². The molecule has 28 heavy (non-hydrogen) atoms. The van der Waals surface area contributed by atoms with Gasteiger partial charge in [0.05, 0.1) is 25.6 Å². The fourth-order valence-electron chi connectivity index (χ4n) is 3.06. The van der Waals surface area contributed by atoms with Gasteiger partial charge in [-0.05, 0) is 41.3 Å². The Morgan fingerprint density at radius 3 is 2.04 bits per heavy atom. The summed E-state index contributed by atoms with van der Waals surface area (Å²) in [6.45, 7) is 5.55. The first-order chi connectivity index (χ1) is 13.3. The topological polar surface area (TPSA) is 67.4 Å². The molecule has 150 valence electrons. The van der Waals surface area contributed by atoms with Gasteiger partial charge in [-0.1, -0.05) is 49.7 Å². The fraction of sp³-hybridized carbons (Fsp3) is 0.364. The monoisotopic (exact) mass is 402 g/mol. The molecule has 0 aliphatic carbocycles. The molecule has 0 aromatic heterocycles. The third kappa shape index (κ3) is 6.27. The van der Waals surface area contributed by atoms with Crippen LogP contribution in [-0.2, 0) is 9.59 Å². The van der Waals surface area contributed by atoms with Gasteiger partial charge in [0.1, 0.15) is 5.75 Å². The molecule has 5 nitrogen and oxygen atoms in total. The van der Waals surface area contributed by atoms with Crippen LogP contribution in [-0.4, -0.2) is 18.9 Å². The molecule has 0 heterocycles. The molecule has 0 saturated carbocycles. The van der Waals surface area contributed by atoms with Crippen molar-refractivity contribution in [1.29, 1.82) is 0 Å². The van der Waals surface area contributed by atoms with Gasteiger partial charge in [-0.2, -0.15) is 0 Å². The van der Waals surface area contributed by atoms with E-state index in [0.717, 1.165) is 16.9 Å². The maximum Gasteiger partial charge on any atom is 0.222 e. The highest BCUT2D eigenvalue weighted by Crippen LogP contribution is 2.25. The second-order valence-corrected chi connectivity index (χ2v) is 7.51. The van der Waals surface area contributed by atoms with Gasteiger partial charge < -0.3 is 15.4 Å². The van der Waals surface area contributed by atoms with Crippen LogP contribution in [0.4, 0.5) is 0 Å². The van der Waals surface area contributed by atoms with Crippen LogP contribution in [0.1, 0.15) is 50.4 Å². The Kier molecular flexibility index (Phi) is 7.88. The standard InChI is InChI=1S/C22H27ClN2O3/c1-14(2)22(17-7-11-19(28-4)12-8-17)25-21(27)13-20(24-15(3)26)16-5-9-18(23)10-6-16/h5-12,14,20,22H,13H2,1-4H3,(H,24,26)(H,25,27). The van der Waals surface area contributed by atoms with E-state index in [0.29, 0.717) is 5.02 Å². The third-order valence-corrected chi connectivity index (χ3v) is 4.75. The second-order valence-electron chi connectivity index (χ2n) is 7.07. The molecule has 6 heteroatoms. The molecule has 2 atom stereocenters. The van der Waals surface area contributed by atoms with Crippen LogP contribution in [0.2, 0.25) is 5.02 Å². The number of halogens is 1. The lowest BCUT2D eigenvalue weighted by molar-refractivity contribution is -0.123. The predicted molar refractivity (Wildman–Crippen MR) is 111 cm³/mol. The van der Waals surface area contributed by atoms with Crippen molar-refractivity contribution in [2.24, 2.45) is 5.92 Å². The van der Waals surface area contributed by atoms with Crippen molar-refractivity contribution in [3.8, 4) is 5.75 Å². The zero-order valence-corrected chi connectivity index (χ0v) is 17.4. The number of rotatable bonds is 8. The van der Waals surface area contributed by atoms with E-state index in [1.807, 2.05) is 36.4 Å². The SMILES string of the molecule is COc1ccc(C(NC(=O)CC(NC(C)=O)c2ccc(Cl)cc2)C(C)C)cc1. The highest BCUT2D eigenvalue weighted by Gasteiger charge is 2.22. The number of benzene rings is 2. The average molecular weight is 403 g/mol. The molecule has 0 aliphatic heterocycles. The van der Waals surface area contributed by atoms with Crippen LogP contribution in [0.5, 0.6) is 5.75 Å². The molecule has 2 amide bonds. The van der Waals surface area contributed by atoms with Crippen LogP contribution in [0.3, 0.4) is 0 Å². The first-order valence-corrected chi connectivity index (χ1v) is 9.63. The second kappa shape index (κ2) is 10.1. The molecule has 2 rings (SSSR count). The molecule has 0 spiro atoms. The number of nitrogens with one attached hydrogen (secondary N) is 2. The number of methoxy groups -OCH3 is 1. The van der Waals surface area contributed by atoms with Crippen molar-refractivity contribution in [2.45, 2.75) is 39.3 Å². The summed E-state index contributed by atoms with van der Waals surface area (Å²) in [7, 11) is 1.62.